The van der Waals surface area contributed by atoms with E-state index in [1.807, 2.05) is 0 Å². The lowest BCUT2D eigenvalue weighted by Crippen LogP contribution is -1.74. The van der Waals surface area contributed by atoms with Gasteiger partial charge in [-0.05, 0) is 0 Å². The van der Waals surface area contributed by atoms with Crippen molar-refractivity contribution in [2.24, 2.45) is 0 Å². The van der Waals surface area contributed by atoms with E-state index in [0.717, 1.165) is 6.35 Å². The standard InChI is InChI=1S/C2H7BrOP2/c1-4-2-6(3)5/h2,5H2,1H3. The van der Waals surface area contributed by atoms with Crippen LogP contribution in [0.25, 0.3) is 0 Å². The molecule has 2 atom stereocenters. The van der Waals surface area contributed by atoms with Gasteiger partial charge in [0.05, 0.1) is 6.35 Å². The van der Waals surface area contributed by atoms with E-state index in [-0.39, 0.29) is 6.31 Å². The molecule has 0 aromatic heterocycles. The zero-order chi connectivity index (χ0) is 4.99. The van der Waals surface area contributed by atoms with Gasteiger partial charge in [-0.25, -0.2) is 0 Å². The third-order valence-electron chi connectivity index (χ3n) is 0.252. The number of hydrogen-bond donors (Lipinski definition) is 0. The highest BCUT2D eigenvalue weighted by Crippen LogP contribution is 2.51. The lowest BCUT2D eigenvalue weighted by molar-refractivity contribution is 0.257. The highest BCUT2D eigenvalue weighted by molar-refractivity contribution is 9.44. The van der Waals surface area contributed by atoms with Crippen molar-refractivity contribution < 1.29 is 4.74 Å². The third-order valence-corrected chi connectivity index (χ3v) is 1.82. The van der Waals surface area contributed by atoms with Crippen molar-refractivity contribution in [2.45, 2.75) is 0 Å². The highest BCUT2D eigenvalue weighted by atomic mass is 79.9. The van der Waals surface area contributed by atoms with Gasteiger partial charge in [-0.1, -0.05) is 24.4 Å². The summed E-state index contributed by atoms with van der Waals surface area (Å²) in [6, 6.07) is 0. The van der Waals surface area contributed by atoms with Crippen molar-refractivity contribution >= 4 is 30.7 Å². The predicted molar refractivity (Wildman–Crippen MR) is 37.4 cm³/mol. The fourth-order valence-corrected chi connectivity index (χ4v) is 1.43. The zero-order valence-corrected chi connectivity index (χ0v) is 7.15. The minimum atomic E-state index is -0.0936. The van der Waals surface area contributed by atoms with Crippen LogP contribution >= 0.6 is 30.7 Å². The van der Waals surface area contributed by atoms with Crippen LogP contribution in [0, 0.1) is 0 Å². The van der Waals surface area contributed by atoms with Crippen LogP contribution in [0.3, 0.4) is 0 Å². The summed E-state index contributed by atoms with van der Waals surface area (Å²) in [6.45, 7) is 0. The molecule has 0 rings (SSSR count). The maximum Gasteiger partial charge on any atom is 0.0791 e. The largest absolute Gasteiger partial charge is 0.379 e. The predicted octanol–water partition coefficient (Wildman–Crippen LogP) is 2.17. The maximum absolute atomic E-state index is 4.76. The average Bonchev–Trinajstić information content (AvgIpc) is 1.35. The van der Waals surface area contributed by atoms with Gasteiger partial charge in [0.25, 0.3) is 0 Å². The summed E-state index contributed by atoms with van der Waals surface area (Å²) < 4.78 is 4.76. The summed E-state index contributed by atoms with van der Waals surface area (Å²) in [5.74, 6) is 0. The van der Waals surface area contributed by atoms with Gasteiger partial charge >= 0.3 is 0 Å². The second-order valence-electron chi connectivity index (χ2n) is 0.817. The van der Waals surface area contributed by atoms with E-state index in [0.29, 0.717) is 0 Å². The molecule has 0 amide bonds. The molecule has 0 fully saturated rings. The van der Waals surface area contributed by atoms with E-state index in [1.165, 1.54) is 0 Å². The van der Waals surface area contributed by atoms with Gasteiger partial charge in [0.15, 0.2) is 0 Å². The Morgan fingerprint density at radius 3 is 2.50 bits per heavy atom. The molecule has 0 aromatic rings. The quantitative estimate of drug-likeness (QED) is 0.604. The second kappa shape index (κ2) is 4.46. The SMILES string of the molecule is COCP(P)Br. The fourth-order valence-electron chi connectivity index (χ4n) is 0.123. The van der Waals surface area contributed by atoms with Gasteiger partial charge in [0.2, 0.25) is 0 Å². The van der Waals surface area contributed by atoms with Crippen LogP contribution in [0.1, 0.15) is 0 Å². The van der Waals surface area contributed by atoms with Crippen molar-refractivity contribution in [3.05, 3.63) is 0 Å². The molecule has 0 aliphatic carbocycles. The summed E-state index contributed by atoms with van der Waals surface area (Å²) >= 11 is 3.34. The Kier molecular flexibility index (Phi) is 5.42. The average molecular weight is 189 g/mol. The van der Waals surface area contributed by atoms with E-state index in [2.05, 4.69) is 24.4 Å². The maximum atomic E-state index is 4.76. The van der Waals surface area contributed by atoms with E-state index >= 15 is 0 Å². The summed E-state index contributed by atoms with van der Waals surface area (Å²) in [5, 5.41) is 0. The van der Waals surface area contributed by atoms with Gasteiger partial charge < -0.3 is 4.74 Å². The Morgan fingerprint density at radius 1 is 2.00 bits per heavy atom. The Labute approximate surface area is 49.4 Å². The minimum absolute atomic E-state index is 0.0936. The Bertz CT molecular complexity index is 32.7. The van der Waals surface area contributed by atoms with Gasteiger partial charge in [-0.3, -0.25) is 0 Å². The first kappa shape index (κ1) is 7.30. The molecule has 0 spiro atoms. The summed E-state index contributed by atoms with van der Waals surface area (Å²) in [4.78, 5) is 0. The van der Waals surface area contributed by atoms with Crippen LogP contribution in [-0.2, 0) is 4.74 Å². The van der Waals surface area contributed by atoms with Gasteiger partial charge in [0.1, 0.15) is 0 Å². The topological polar surface area (TPSA) is 9.23 Å². The summed E-state index contributed by atoms with van der Waals surface area (Å²) in [7, 11) is 4.33. The number of ether oxygens (including phenoxy) is 1. The van der Waals surface area contributed by atoms with E-state index in [1.54, 1.807) is 7.11 Å². The Hall–Kier alpha value is 1.30. The van der Waals surface area contributed by atoms with Crippen LogP contribution < -0.4 is 0 Å². The van der Waals surface area contributed by atoms with Crippen molar-refractivity contribution in [1.29, 1.82) is 0 Å². The normalized spacial score (nSPS) is 14.5. The molecule has 0 saturated carbocycles. The second-order valence-corrected chi connectivity index (χ2v) is 8.75. The van der Waals surface area contributed by atoms with Gasteiger partial charge in [-0.2, -0.15) is 0 Å². The smallest absolute Gasteiger partial charge is 0.0791 e. The number of hydrogen-bond acceptors (Lipinski definition) is 1. The van der Waals surface area contributed by atoms with E-state index < -0.39 is 0 Å². The molecule has 0 aromatic carbocycles. The number of halogens is 1. The fraction of sp³-hybridized carbons (Fsp3) is 1.00. The van der Waals surface area contributed by atoms with E-state index in [4.69, 9.17) is 4.74 Å². The van der Waals surface area contributed by atoms with Gasteiger partial charge in [-0.15, -0.1) is 0 Å². The van der Waals surface area contributed by atoms with Crippen molar-refractivity contribution in [3.63, 3.8) is 0 Å². The van der Waals surface area contributed by atoms with Crippen LogP contribution in [0.15, 0.2) is 0 Å². The molecule has 0 bridgehead atoms. The molecule has 4 heteroatoms. The van der Waals surface area contributed by atoms with Gasteiger partial charge in [0, 0.05) is 13.4 Å². The molecule has 6 heavy (non-hydrogen) atoms. The highest BCUT2D eigenvalue weighted by Gasteiger charge is 1.87. The first-order chi connectivity index (χ1) is 2.77. The monoisotopic (exact) mass is 188 g/mol. The molecular formula is C2H7BrOP2. The van der Waals surface area contributed by atoms with Crippen molar-refractivity contribution in [1.82, 2.24) is 0 Å². The molecule has 0 N–H and O–H groups in total. The summed E-state index contributed by atoms with van der Waals surface area (Å²) in [6.07, 6.45) is 0.726. The summed E-state index contributed by atoms with van der Waals surface area (Å²) in [5.41, 5.74) is 0. The zero-order valence-electron chi connectivity index (χ0n) is 3.52. The molecule has 1 nitrogen and oxygen atoms in total. The number of methoxy groups -OCH3 is 1. The van der Waals surface area contributed by atoms with Crippen LogP contribution in [0.5, 0.6) is 0 Å². The van der Waals surface area contributed by atoms with Crippen molar-refractivity contribution in [2.75, 3.05) is 13.5 Å². The molecular weight excluding hydrogens is 182 g/mol. The molecule has 0 radical (unpaired) electrons. The lowest BCUT2D eigenvalue weighted by atomic mass is 11.5. The molecule has 0 heterocycles. The molecule has 2 unspecified atom stereocenters. The van der Waals surface area contributed by atoms with E-state index in [9.17, 15) is 0 Å². The lowest BCUT2D eigenvalue weighted by Gasteiger charge is -1.96. The first-order valence-corrected chi connectivity index (χ1v) is 6.60. The first-order valence-electron chi connectivity index (χ1n) is 1.44. The molecule has 38 valence electrons. The molecule has 0 aliphatic heterocycles. The van der Waals surface area contributed by atoms with Crippen molar-refractivity contribution in [3.8, 4) is 0 Å². The molecule has 0 aliphatic rings. The third kappa shape index (κ3) is 5.30. The molecule has 0 saturated heterocycles. The van der Waals surface area contributed by atoms with Crippen LogP contribution in [-0.4, -0.2) is 13.5 Å². The van der Waals surface area contributed by atoms with Crippen LogP contribution in [0.4, 0.5) is 0 Å². The Morgan fingerprint density at radius 2 is 2.50 bits per heavy atom. The van der Waals surface area contributed by atoms with Crippen LogP contribution in [0.2, 0.25) is 0 Å². The minimum Gasteiger partial charge on any atom is -0.379 e. The Balaban J connectivity index is 2.63. The number of rotatable bonds is 2.